The van der Waals surface area contributed by atoms with Crippen molar-refractivity contribution in [3.8, 4) is 0 Å². The van der Waals surface area contributed by atoms with Crippen molar-refractivity contribution in [3.05, 3.63) is 35.4 Å². The van der Waals surface area contributed by atoms with E-state index in [0.29, 0.717) is 0 Å². The van der Waals surface area contributed by atoms with Crippen LogP contribution >= 0.6 is 0 Å². The monoisotopic (exact) mass is 264 g/mol. The van der Waals surface area contributed by atoms with Gasteiger partial charge in [0.25, 0.3) is 0 Å². The number of benzene rings is 1. The van der Waals surface area contributed by atoms with Gasteiger partial charge in [-0.1, -0.05) is 31.2 Å². The van der Waals surface area contributed by atoms with E-state index < -0.39 is 29.8 Å². The minimum Gasteiger partial charge on any atom is -0.481 e. The molecule has 6 heteroatoms. The number of halogens is 4. The number of hydrogen-bond acceptors (Lipinski definition) is 1. The third kappa shape index (κ3) is 3.00. The molecule has 1 rings (SSSR count). The lowest BCUT2D eigenvalue weighted by atomic mass is 9.94. The van der Waals surface area contributed by atoms with Gasteiger partial charge >= 0.3 is 18.3 Å². The molecule has 0 aromatic heterocycles. The Morgan fingerprint density at radius 3 is 2.39 bits per heavy atom. The van der Waals surface area contributed by atoms with Crippen molar-refractivity contribution < 1.29 is 27.5 Å². The van der Waals surface area contributed by atoms with Gasteiger partial charge in [0.05, 0.1) is 5.92 Å². The van der Waals surface area contributed by atoms with E-state index in [4.69, 9.17) is 5.11 Å². The lowest BCUT2D eigenvalue weighted by molar-refractivity contribution is -0.141. The van der Waals surface area contributed by atoms with E-state index in [1.54, 1.807) is 0 Å². The third-order valence-electron chi connectivity index (χ3n) is 2.60. The zero-order valence-corrected chi connectivity index (χ0v) is 9.54. The molecule has 0 amide bonds. The molecule has 1 unspecified atom stereocenters. The van der Waals surface area contributed by atoms with E-state index in [2.05, 4.69) is 0 Å². The molecule has 0 bridgehead atoms. The van der Waals surface area contributed by atoms with Gasteiger partial charge < -0.3 is 5.11 Å². The summed E-state index contributed by atoms with van der Waals surface area (Å²) in [6.07, 6.45) is -4.04. The van der Waals surface area contributed by atoms with Gasteiger partial charge in [0.15, 0.2) is 0 Å². The summed E-state index contributed by atoms with van der Waals surface area (Å²) < 4.78 is 51.2. The topological polar surface area (TPSA) is 37.3 Å². The Balaban J connectivity index is 3.11. The Bertz CT molecular complexity index is 432. The van der Waals surface area contributed by atoms with Crippen molar-refractivity contribution in [1.82, 2.24) is 0 Å². The van der Waals surface area contributed by atoms with E-state index >= 15 is 0 Å². The molecule has 0 aliphatic rings. The van der Waals surface area contributed by atoms with Gasteiger partial charge in [-0.05, 0) is 12.0 Å². The number of carbonyl (C=O) groups is 1. The summed E-state index contributed by atoms with van der Waals surface area (Å²) in [6.45, 7) is 1.33. The van der Waals surface area contributed by atoms with E-state index in [1.807, 2.05) is 0 Å². The van der Waals surface area contributed by atoms with Crippen LogP contribution in [0.15, 0.2) is 24.3 Å². The average Bonchev–Trinajstić information content (AvgIpc) is 2.29. The second-order valence-corrected chi connectivity index (χ2v) is 4.02. The van der Waals surface area contributed by atoms with Crippen molar-refractivity contribution in [1.29, 1.82) is 0 Å². The van der Waals surface area contributed by atoms with Crippen molar-refractivity contribution in [2.75, 3.05) is 0 Å². The maximum Gasteiger partial charge on any atom is 0.332 e. The summed E-state index contributed by atoms with van der Waals surface area (Å²) in [5, 5.41) is 8.71. The van der Waals surface area contributed by atoms with Crippen LogP contribution in [0.3, 0.4) is 0 Å². The number of rotatable bonds is 5. The van der Waals surface area contributed by atoms with Gasteiger partial charge in [0, 0.05) is 5.56 Å². The normalized spacial score (nSPS) is 13.7. The van der Waals surface area contributed by atoms with Gasteiger partial charge in [-0.25, -0.2) is 8.78 Å². The Morgan fingerprint density at radius 2 is 1.89 bits per heavy atom. The molecule has 0 heterocycles. The summed E-state index contributed by atoms with van der Waals surface area (Å²) >= 11 is 0. The zero-order valence-electron chi connectivity index (χ0n) is 9.54. The van der Waals surface area contributed by atoms with Crippen molar-refractivity contribution in [2.45, 2.75) is 25.7 Å². The van der Waals surface area contributed by atoms with Crippen LogP contribution in [0.4, 0.5) is 17.6 Å². The van der Waals surface area contributed by atoms with Gasteiger partial charge in [-0.15, -0.1) is 0 Å². The van der Waals surface area contributed by atoms with Gasteiger partial charge in [0.2, 0.25) is 0 Å². The number of hydrogen-bond donors (Lipinski definition) is 1. The number of carboxylic acid groups (broad SMARTS) is 1. The summed E-state index contributed by atoms with van der Waals surface area (Å²) in [6, 6.07) is 4.77. The Labute approximate surface area is 101 Å². The van der Waals surface area contributed by atoms with Crippen LogP contribution in [0, 0.1) is 5.92 Å². The second kappa shape index (κ2) is 5.37. The summed E-state index contributed by atoms with van der Waals surface area (Å²) in [7, 11) is 0. The molecule has 0 fully saturated rings. The number of aliphatic carboxylic acids is 1. The standard InChI is InChI=1S/C12H12F4O2/c1-7(10(17)18)6-8-4-2-3-5-9(8)12(15,16)11(13)14/h2-5,7,11H,6H2,1H3,(H,17,18). The van der Waals surface area contributed by atoms with E-state index in [-0.39, 0.29) is 12.0 Å². The lowest BCUT2D eigenvalue weighted by Gasteiger charge is -2.20. The van der Waals surface area contributed by atoms with Crippen molar-refractivity contribution in [3.63, 3.8) is 0 Å². The number of alkyl halides is 4. The Hall–Kier alpha value is -1.59. The van der Waals surface area contributed by atoms with Crippen LogP contribution in [0.1, 0.15) is 18.1 Å². The molecule has 1 aromatic carbocycles. The molecule has 100 valence electrons. The molecular weight excluding hydrogens is 252 g/mol. The smallest absolute Gasteiger partial charge is 0.332 e. The maximum atomic E-state index is 13.3. The van der Waals surface area contributed by atoms with Crippen molar-refractivity contribution in [2.24, 2.45) is 5.92 Å². The summed E-state index contributed by atoms with van der Waals surface area (Å²) in [5.74, 6) is -6.35. The highest BCUT2D eigenvalue weighted by Gasteiger charge is 2.44. The molecule has 1 aromatic rings. The first-order chi connectivity index (χ1) is 8.26. The van der Waals surface area contributed by atoms with Crippen molar-refractivity contribution >= 4 is 5.97 Å². The highest BCUT2D eigenvalue weighted by molar-refractivity contribution is 5.70. The van der Waals surface area contributed by atoms with Crippen LogP contribution in [-0.2, 0) is 17.1 Å². The average molecular weight is 264 g/mol. The predicted molar refractivity (Wildman–Crippen MR) is 56.8 cm³/mol. The minimum atomic E-state index is -4.27. The van der Waals surface area contributed by atoms with E-state index in [0.717, 1.165) is 6.07 Å². The van der Waals surface area contributed by atoms with Crippen LogP contribution < -0.4 is 0 Å². The Morgan fingerprint density at radius 1 is 1.33 bits per heavy atom. The molecule has 1 atom stereocenters. The molecule has 1 N–H and O–H groups in total. The van der Waals surface area contributed by atoms with E-state index in [9.17, 15) is 22.4 Å². The molecule has 0 spiro atoms. The molecule has 0 aliphatic carbocycles. The minimum absolute atomic E-state index is 0.0716. The second-order valence-electron chi connectivity index (χ2n) is 4.02. The molecule has 2 nitrogen and oxygen atoms in total. The summed E-state index contributed by atoms with van der Waals surface area (Å²) in [4.78, 5) is 10.7. The molecule has 0 saturated carbocycles. The lowest BCUT2D eigenvalue weighted by Crippen LogP contribution is -2.26. The SMILES string of the molecule is CC(Cc1ccccc1C(F)(F)C(F)F)C(=O)O. The molecule has 18 heavy (non-hydrogen) atoms. The highest BCUT2D eigenvalue weighted by Crippen LogP contribution is 2.37. The fraction of sp³-hybridized carbons (Fsp3) is 0.417. The quantitative estimate of drug-likeness (QED) is 0.828. The zero-order chi connectivity index (χ0) is 13.9. The fourth-order valence-corrected chi connectivity index (χ4v) is 1.56. The van der Waals surface area contributed by atoms with Crippen LogP contribution in [0.25, 0.3) is 0 Å². The first kappa shape index (κ1) is 14.5. The van der Waals surface area contributed by atoms with Gasteiger partial charge in [-0.2, -0.15) is 8.78 Å². The fourth-order valence-electron chi connectivity index (χ4n) is 1.56. The molecular formula is C12H12F4O2. The maximum absolute atomic E-state index is 13.3. The third-order valence-corrected chi connectivity index (χ3v) is 2.60. The van der Waals surface area contributed by atoms with Crippen LogP contribution in [0.2, 0.25) is 0 Å². The van der Waals surface area contributed by atoms with Gasteiger partial charge in [-0.3, -0.25) is 4.79 Å². The Kier molecular flexibility index (Phi) is 4.32. The molecule has 0 radical (unpaired) electrons. The largest absolute Gasteiger partial charge is 0.481 e. The van der Waals surface area contributed by atoms with Crippen LogP contribution in [0.5, 0.6) is 0 Å². The molecule has 0 aliphatic heterocycles. The van der Waals surface area contributed by atoms with Gasteiger partial charge in [0.1, 0.15) is 0 Å². The summed E-state index contributed by atoms with van der Waals surface area (Å²) in [5.41, 5.74) is -0.884. The number of carboxylic acids is 1. The van der Waals surface area contributed by atoms with Crippen LogP contribution in [-0.4, -0.2) is 17.5 Å². The predicted octanol–water partition coefficient (Wildman–Crippen LogP) is 3.31. The first-order valence-corrected chi connectivity index (χ1v) is 5.24. The first-order valence-electron chi connectivity index (χ1n) is 5.24. The highest BCUT2D eigenvalue weighted by atomic mass is 19.3. The van der Waals surface area contributed by atoms with E-state index in [1.165, 1.54) is 25.1 Å². The molecule has 0 saturated heterocycles.